The summed E-state index contributed by atoms with van der Waals surface area (Å²) in [6, 6.07) is 5.22. The third kappa shape index (κ3) is 4.04. The number of amides is 2. The van der Waals surface area contributed by atoms with Crippen LogP contribution in [0, 0.1) is 10.1 Å². The fourth-order valence-corrected chi connectivity index (χ4v) is 1.68. The quantitative estimate of drug-likeness (QED) is 0.625. The van der Waals surface area contributed by atoms with Gasteiger partial charge >= 0.3 is 0 Å². The number of rotatable bonds is 6. The van der Waals surface area contributed by atoms with E-state index in [4.69, 9.17) is 0 Å². The number of nitrogens with one attached hydrogen (secondary N) is 1. The van der Waals surface area contributed by atoms with Crippen molar-refractivity contribution < 1.29 is 14.5 Å². The van der Waals surface area contributed by atoms with Gasteiger partial charge in [-0.05, 0) is 26.0 Å². The Morgan fingerprint density at radius 1 is 1.20 bits per heavy atom. The maximum absolute atomic E-state index is 11.8. The summed E-state index contributed by atoms with van der Waals surface area (Å²) >= 11 is 0. The molecule has 0 aliphatic carbocycles. The number of benzene rings is 1. The summed E-state index contributed by atoms with van der Waals surface area (Å²) in [5.41, 5.74) is 0.198. The lowest BCUT2D eigenvalue weighted by molar-refractivity contribution is -0.384. The number of carbonyl (C=O) groups excluding carboxylic acids is 2. The van der Waals surface area contributed by atoms with Crippen LogP contribution >= 0.6 is 0 Å². The van der Waals surface area contributed by atoms with Crippen molar-refractivity contribution in [3.05, 3.63) is 39.9 Å². The van der Waals surface area contributed by atoms with Gasteiger partial charge in [-0.1, -0.05) is 0 Å². The Bertz CT molecular complexity index is 495. The molecule has 0 aromatic heterocycles. The molecule has 0 saturated carbocycles. The SMILES string of the molecule is CCN(CC)C(=O)CNC(=O)c1ccc([N+](=O)[O-])cc1. The molecule has 0 unspecified atom stereocenters. The van der Waals surface area contributed by atoms with Gasteiger partial charge in [-0.3, -0.25) is 19.7 Å². The van der Waals surface area contributed by atoms with E-state index in [1.807, 2.05) is 13.8 Å². The summed E-state index contributed by atoms with van der Waals surface area (Å²) in [5, 5.41) is 13.0. The van der Waals surface area contributed by atoms with Crippen molar-refractivity contribution in [2.75, 3.05) is 19.6 Å². The summed E-state index contributed by atoms with van der Waals surface area (Å²) in [6.07, 6.45) is 0. The fraction of sp³-hybridized carbons (Fsp3) is 0.385. The number of nitro groups is 1. The van der Waals surface area contributed by atoms with Crippen LogP contribution in [0.4, 0.5) is 5.69 Å². The molecule has 1 N–H and O–H groups in total. The Hall–Kier alpha value is -2.44. The lowest BCUT2D eigenvalue weighted by Crippen LogP contribution is -2.39. The van der Waals surface area contributed by atoms with Crippen molar-refractivity contribution in [3.8, 4) is 0 Å². The number of hydrogen-bond donors (Lipinski definition) is 1. The van der Waals surface area contributed by atoms with Crippen molar-refractivity contribution in [2.45, 2.75) is 13.8 Å². The Morgan fingerprint density at radius 2 is 1.75 bits per heavy atom. The van der Waals surface area contributed by atoms with E-state index in [0.717, 1.165) is 0 Å². The van der Waals surface area contributed by atoms with Gasteiger partial charge in [0.2, 0.25) is 5.91 Å². The second-order valence-electron chi connectivity index (χ2n) is 4.05. The normalized spacial score (nSPS) is 9.90. The van der Waals surface area contributed by atoms with Crippen molar-refractivity contribution in [3.63, 3.8) is 0 Å². The van der Waals surface area contributed by atoms with Crippen LogP contribution < -0.4 is 5.32 Å². The Kier molecular flexibility index (Phi) is 5.64. The smallest absolute Gasteiger partial charge is 0.269 e. The molecule has 1 rings (SSSR count). The second-order valence-corrected chi connectivity index (χ2v) is 4.05. The van der Waals surface area contributed by atoms with E-state index < -0.39 is 10.8 Å². The maximum atomic E-state index is 11.8. The van der Waals surface area contributed by atoms with E-state index in [2.05, 4.69) is 5.32 Å². The first-order chi connectivity index (χ1) is 9.49. The van der Waals surface area contributed by atoms with Crippen molar-refractivity contribution >= 4 is 17.5 Å². The van der Waals surface area contributed by atoms with E-state index >= 15 is 0 Å². The molecule has 0 heterocycles. The minimum Gasteiger partial charge on any atom is -0.343 e. The molecular formula is C13H17N3O4. The van der Waals surface area contributed by atoms with Gasteiger partial charge in [0.15, 0.2) is 0 Å². The van der Waals surface area contributed by atoms with Crippen LogP contribution in [-0.2, 0) is 4.79 Å². The molecule has 1 aromatic carbocycles. The number of carbonyl (C=O) groups is 2. The predicted octanol–water partition coefficient (Wildman–Crippen LogP) is 1.19. The predicted molar refractivity (Wildman–Crippen MR) is 73.4 cm³/mol. The van der Waals surface area contributed by atoms with Gasteiger partial charge in [-0.25, -0.2) is 0 Å². The lowest BCUT2D eigenvalue weighted by atomic mass is 10.2. The molecule has 0 aliphatic heterocycles. The molecule has 0 saturated heterocycles. The van der Waals surface area contributed by atoms with Crippen LogP contribution in [0.1, 0.15) is 24.2 Å². The second kappa shape index (κ2) is 7.22. The topological polar surface area (TPSA) is 92.6 Å². The molecule has 0 radical (unpaired) electrons. The van der Waals surface area contributed by atoms with E-state index in [1.54, 1.807) is 4.90 Å². The molecule has 108 valence electrons. The van der Waals surface area contributed by atoms with Gasteiger partial charge in [0.1, 0.15) is 0 Å². The monoisotopic (exact) mass is 279 g/mol. The maximum Gasteiger partial charge on any atom is 0.269 e. The highest BCUT2D eigenvalue weighted by atomic mass is 16.6. The first kappa shape index (κ1) is 15.6. The Morgan fingerprint density at radius 3 is 2.20 bits per heavy atom. The molecule has 0 aliphatic rings. The summed E-state index contributed by atoms with van der Waals surface area (Å²) in [5.74, 6) is -0.592. The van der Waals surface area contributed by atoms with Gasteiger partial charge in [-0.15, -0.1) is 0 Å². The first-order valence-corrected chi connectivity index (χ1v) is 6.30. The van der Waals surface area contributed by atoms with Crippen LogP contribution in [0.25, 0.3) is 0 Å². The molecular weight excluding hydrogens is 262 g/mol. The van der Waals surface area contributed by atoms with Crippen LogP contribution in [0.3, 0.4) is 0 Å². The summed E-state index contributed by atoms with van der Waals surface area (Å²) in [6.45, 7) is 4.81. The molecule has 7 nitrogen and oxygen atoms in total. The number of nitro benzene ring substituents is 1. The average molecular weight is 279 g/mol. The molecule has 20 heavy (non-hydrogen) atoms. The van der Waals surface area contributed by atoms with E-state index in [1.165, 1.54) is 24.3 Å². The molecule has 2 amide bonds. The molecule has 0 bridgehead atoms. The summed E-state index contributed by atoms with van der Waals surface area (Å²) in [7, 11) is 0. The highest BCUT2D eigenvalue weighted by Gasteiger charge is 2.13. The highest BCUT2D eigenvalue weighted by molar-refractivity contribution is 5.96. The molecule has 0 fully saturated rings. The Labute approximate surface area is 116 Å². The van der Waals surface area contributed by atoms with Crippen LogP contribution in [0.5, 0.6) is 0 Å². The molecule has 1 aromatic rings. The third-order valence-electron chi connectivity index (χ3n) is 2.86. The van der Waals surface area contributed by atoms with Gasteiger partial charge in [-0.2, -0.15) is 0 Å². The summed E-state index contributed by atoms with van der Waals surface area (Å²) in [4.78, 5) is 35.0. The number of hydrogen-bond acceptors (Lipinski definition) is 4. The van der Waals surface area contributed by atoms with Crippen LogP contribution in [0.2, 0.25) is 0 Å². The largest absolute Gasteiger partial charge is 0.343 e. The van der Waals surface area contributed by atoms with E-state index in [-0.39, 0.29) is 23.7 Å². The average Bonchev–Trinajstić information content (AvgIpc) is 2.46. The minimum absolute atomic E-state index is 0.0826. The Balaban J connectivity index is 2.59. The van der Waals surface area contributed by atoms with Gasteiger partial charge in [0.25, 0.3) is 11.6 Å². The van der Waals surface area contributed by atoms with Gasteiger partial charge in [0.05, 0.1) is 11.5 Å². The lowest BCUT2D eigenvalue weighted by Gasteiger charge is -2.18. The van der Waals surface area contributed by atoms with Gasteiger partial charge < -0.3 is 10.2 Å². The minimum atomic E-state index is -0.536. The molecule has 7 heteroatoms. The zero-order valence-corrected chi connectivity index (χ0v) is 11.5. The number of non-ortho nitro benzene ring substituents is 1. The first-order valence-electron chi connectivity index (χ1n) is 6.30. The van der Waals surface area contributed by atoms with Crippen molar-refractivity contribution in [1.82, 2.24) is 10.2 Å². The van der Waals surface area contributed by atoms with Crippen molar-refractivity contribution in [2.24, 2.45) is 0 Å². The van der Waals surface area contributed by atoms with Gasteiger partial charge in [0, 0.05) is 30.8 Å². The standard InChI is InChI=1S/C13H17N3O4/c1-3-15(4-2)12(17)9-14-13(18)10-5-7-11(8-6-10)16(19)20/h5-8H,3-4,9H2,1-2H3,(H,14,18). The molecule has 0 spiro atoms. The highest BCUT2D eigenvalue weighted by Crippen LogP contribution is 2.11. The van der Waals surface area contributed by atoms with E-state index in [9.17, 15) is 19.7 Å². The molecule has 0 atom stereocenters. The van der Waals surface area contributed by atoms with Crippen molar-refractivity contribution in [1.29, 1.82) is 0 Å². The number of nitrogens with zero attached hydrogens (tertiary/aromatic N) is 2. The summed E-state index contributed by atoms with van der Waals surface area (Å²) < 4.78 is 0. The van der Waals surface area contributed by atoms with Crippen LogP contribution in [-0.4, -0.2) is 41.3 Å². The zero-order chi connectivity index (χ0) is 15.1. The van der Waals surface area contributed by atoms with E-state index in [0.29, 0.717) is 13.1 Å². The van der Waals surface area contributed by atoms with Crippen LogP contribution in [0.15, 0.2) is 24.3 Å². The zero-order valence-electron chi connectivity index (χ0n) is 11.5. The third-order valence-corrected chi connectivity index (χ3v) is 2.86. The fourth-order valence-electron chi connectivity index (χ4n) is 1.68. The number of likely N-dealkylation sites (N-methyl/N-ethyl adjacent to an activating group) is 1.